The Kier molecular flexibility index (Phi) is 9.83. The number of thiazole rings is 1. The third kappa shape index (κ3) is 7.59. The van der Waals surface area contributed by atoms with E-state index in [4.69, 9.17) is 9.15 Å². The molecule has 0 unspecified atom stereocenters. The van der Waals surface area contributed by atoms with Crippen LogP contribution < -0.4 is 15.4 Å². The number of likely N-dealkylation sites (tertiary alicyclic amines) is 1. The third-order valence-corrected chi connectivity index (χ3v) is 10.2. The number of carbonyl (C=O) groups excluding carboxylic acids is 2. The summed E-state index contributed by atoms with van der Waals surface area (Å²) in [5, 5.41) is 21.2. The molecule has 5 aromatic rings. The second-order valence-electron chi connectivity index (χ2n) is 12.7. The molecule has 3 N–H and O–H groups in total. The molecular weight excluding hydrogens is 639 g/mol. The molecule has 252 valence electrons. The van der Waals surface area contributed by atoms with Crippen molar-refractivity contribution in [2.75, 3.05) is 13.1 Å². The Bertz CT molecular complexity index is 1870. The van der Waals surface area contributed by atoms with Gasteiger partial charge in [-0.25, -0.2) is 9.97 Å². The highest BCUT2D eigenvalue weighted by Gasteiger charge is 2.37. The monoisotopic (exact) mass is 677 g/mol. The topological polar surface area (TPSA) is 130 Å². The number of amides is 2. The molecule has 0 radical (unpaired) electrons. The van der Waals surface area contributed by atoms with Gasteiger partial charge in [0.1, 0.15) is 23.1 Å². The number of rotatable bonds is 11. The first-order valence-corrected chi connectivity index (χ1v) is 17.5. The summed E-state index contributed by atoms with van der Waals surface area (Å²) in [6.45, 7) is 3.12. The molecular formula is C38H39N5O5S. The summed E-state index contributed by atoms with van der Waals surface area (Å²) in [5.41, 5.74) is 3.06. The second-order valence-corrected chi connectivity index (χ2v) is 13.6. The fraction of sp³-hybridized carbons (Fsp3) is 0.316. The van der Waals surface area contributed by atoms with E-state index in [1.54, 1.807) is 29.5 Å². The van der Waals surface area contributed by atoms with Gasteiger partial charge in [0, 0.05) is 53.3 Å². The maximum absolute atomic E-state index is 14.1. The summed E-state index contributed by atoms with van der Waals surface area (Å²) in [7, 11) is 0. The Balaban J connectivity index is 1.14. The number of nitrogens with one attached hydrogen (secondary N) is 2. The van der Waals surface area contributed by atoms with E-state index in [9.17, 15) is 14.7 Å². The van der Waals surface area contributed by atoms with Crippen LogP contribution in [0.25, 0.3) is 11.5 Å². The number of aliphatic hydroxyl groups is 1. The van der Waals surface area contributed by atoms with E-state index in [0.29, 0.717) is 42.9 Å². The van der Waals surface area contributed by atoms with Gasteiger partial charge in [-0.1, -0.05) is 48.5 Å². The van der Waals surface area contributed by atoms with Crippen LogP contribution in [0.3, 0.4) is 0 Å². The van der Waals surface area contributed by atoms with Crippen molar-refractivity contribution >= 4 is 23.2 Å². The first kappa shape index (κ1) is 32.7. The zero-order valence-electron chi connectivity index (χ0n) is 27.2. The molecule has 0 spiro atoms. The van der Waals surface area contributed by atoms with Gasteiger partial charge in [-0.15, -0.1) is 11.3 Å². The van der Waals surface area contributed by atoms with Crippen molar-refractivity contribution in [3.63, 3.8) is 0 Å². The Labute approximate surface area is 289 Å². The summed E-state index contributed by atoms with van der Waals surface area (Å²) in [5.74, 6) is 0.485. The van der Waals surface area contributed by atoms with Gasteiger partial charge in [-0.3, -0.25) is 9.59 Å². The molecule has 2 amide bonds. The third-order valence-electron chi connectivity index (χ3n) is 9.17. The van der Waals surface area contributed by atoms with Gasteiger partial charge < -0.3 is 29.8 Å². The number of oxazole rings is 1. The van der Waals surface area contributed by atoms with E-state index >= 15 is 0 Å². The van der Waals surface area contributed by atoms with Crippen LogP contribution in [0, 0.1) is 6.92 Å². The van der Waals surface area contributed by atoms with Crippen molar-refractivity contribution in [3.8, 4) is 17.2 Å². The molecule has 2 aromatic heterocycles. The van der Waals surface area contributed by atoms with Crippen LogP contribution >= 0.6 is 11.3 Å². The van der Waals surface area contributed by atoms with E-state index in [0.717, 1.165) is 34.9 Å². The van der Waals surface area contributed by atoms with Crippen molar-refractivity contribution in [2.24, 2.45) is 0 Å². The Morgan fingerprint density at radius 1 is 1.10 bits per heavy atom. The van der Waals surface area contributed by atoms with Gasteiger partial charge >= 0.3 is 0 Å². The quantitative estimate of drug-likeness (QED) is 0.165. The molecule has 10 nitrogen and oxygen atoms in total. The van der Waals surface area contributed by atoms with Crippen LogP contribution in [0.1, 0.15) is 62.3 Å². The molecule has 2 saturated heterocycles. The number of nitrogens with zero attached hydrogens (tertiary/aromatic N) is 3. The fourth-order valence-electron chi connectivity index (χ4n) is 6.76. The van der Waals surface area contributed by atoms with Crippen molar-refractivity contribution in [3.05, 3.63) is 124 Å². The van der Waals surface area contributed by atoms with Gasteiger partial charge in [-0.05, 0) is 62.1 Å². The maximum atomic E-state index is 14.1. The van der Waals surface area contributed by atoms with Crippen LogP contribution in [-0.4, -0.2) is 69.2 Å². The number of carbonyl (C=O) groups is 2. The molecule has 49 heavy (non-hydrogen) atoms. The van der Waals surface area contributed by atoms with Crippen LogP contribution in [0.15, 0.2) is 101 Å². The summed E-state index contributed by atoms with van der Waals surface area (Å²) < 4.78 is 11.7. The van der Waals surface area contributed by atoms with Gasteiger partial charge in [0.2, 0.25) is 5.89 Å². The molecule has 11 heteroatoms. The molecule has 5 atom stereocenters. The molecule has 2 aliphatic rings. The molecule has 3 aromatic carbocycles. The van der Waals surface area contributed by atoms with E-state index < -0.39 is 18.1 Å². The molecule has 4 heterocycles. The SMILES string of the molecule is Cc1csc([C@H]2CCCN2C(=O)c2cc(C(=O)N[C@@H](Cc3ccccc3)[C@H](O)[C@H]3C[C@@H](Oc4ccccc4)CN3)cc(-c3ncco3)c2)n1. The van der Waals surface area contributed by atoms with Crippen LogP contribution in [0.2, 0.25) is 0 Å². The summed E-state index contributed by atoms with van der Waals surface area (Å²) in [6, 6.07) is 23.3. The van der Waals surface area contributed by atoms with E-state index in [-0.39, 0.29) is 29.7 Å². The number of hydrogen-bond donors (Lipinski definition) is 3. The van der Waals surface area contributed by atoms with E-state index in [1.165, 1.54) is 12.5 Å². The lowest BCUT2D eigenvalue weighted by Gasteiger charge is -2.29. The average molecular weight is 678 g/mol. The van der Waals surface area contributed by atoms with Crippen LogP contribution in [-0.2, 0) is 6.42 Å². The largest absolute Gasteiger partial charge is 0.489 e. The normalized spacial score (nSPS) is 20.2. The Morgan fingerprint density at radius 2 is 1.88 bits per heavy atom. The van der Waals surface area contributed by atoms with Crippen molar-refractivity contribution in [1.82, 2.24) is 25.5 Å². The van der Waals surface area contributed by atoms with Crippen LogP contribution in [0.5, 0.6) is 5.75 Å². The fourth-order valence-corrected chi connectivity index (χ4v) is 7.70. The summed E-state index contributed by atoms with van der Waals surface area (Å²) in [4.78, 5) is 39.0. The molecule has 0 aliphatic carbocycles. The minimum Gasteiger partial charge on any atom is -0.489 e. The van der Waals surface area contributed by atoms with Crippen LogP contribution in [0.4, 0.5) is 0 Å². The zero-order chi connectivity index (χ0) is 33.7. The second kappa shape index (κ2) is 14.7. The first-order valence-electron chi connectivity index (χ1n) is 16.7. The number of aliphatic hydroxyl groups excluding tert-OH is 1. The molecule has 0 saturated carbocycles. The maximum Gasteiger partial charge on any atom is 0.254 e. The number of aryl methyl sites for hydroxylation is 1. The zero-order valence-corrected chi connectivity index (χ0v) is 28.0. The number of aromatic nitrogens is 2. The van der Waals surface area contributed by atoms with E-state index in [1.807, 2.05) is 77.9 Å². The predicted octanol–water partition coefficient (Wildman–Crippen LogP) is 5.60. The lowest BCUT2D eigenvalue weighted by atomic mass is 9.94. The molecule has 7 rings (SSSR count). The van der Waals surface area contributed by atoms with Crippen molar-refractivity contribution < 1.29 is 23.8 Å². The Hall–Kier alpha value is -4.84. The number of ether oxygens (including phenoxy) is 1. The van der Waals surface area contributed by atoms with Gasteiger partial charge in [0.15, 0.2) is 0 Å². The standard InChI is InChI=1S/C38H39N5O5S/c1-24-23-49-37(41-24)33-13-8-15-43(33)38(46)28-19-26(18-27(20-28)36-39-14-16-47-36)35(45)42-32(17-25-9-4-2-5-10-25)34(44)31-21-30(22-40-31)48-29-11-6-3-7-12-29/h2-7,9-12,14,16,18-20,23,30-34,40,44H,8,13,15,17,21-22H2,1H3,(H,42,45)/t30-,31-,32+,33-,34-/m1/s1. The molecule has 2 aliphatic heterocycles. The van der Waals surface area contributed by atoms with E-state index in [2.05, 4.69) is 20.6 Å². The summed E-state index contributed by atoms with van der Waals surface area (Å²) >= 11 is 1.56. The first-order chi connectivity index (χ1) is 23.9. The predicted molar refractivity (Wildman–Crippen MR) is 186 cm³/mol. The molecule has 2 fully saturated rings. The highest BCUT2D eigenvalue weighted by molar-refractivity contribution is 7.09. The highest BCUT2D eigenvalue weighted by Crippen LogP contribution is 2.35. The average Bonchev–Trinajstić information content (AvgIpc) is 3.96. The van der Waals surface area contributed by atoms with Crippen molar-refractivity contribution in [1.29, 1.82) is 0 Å². The van der Waals surface area contributed by atoms with Gasteiger partial charge in [0.05, 0.1) is 24.4 Å². The smallest absolute Gasteiger partial charge is 0.254 e. The molecule has 0 bridgehead atoms. The lowest BCUT2D eigenvalue weighted by Crippen LogP contribution is -2.52. The highest BCUT2D eigenvalue weighted by atomic mass is 32.1. The number of hydrogen-bond acceptors (Lipinski definition) is 9. The summed E-state index contributed by atoms with van der Waals surface area (Å²) in [6.07, 6.45) is 4.63. The minimum atomic E-state index is -0.920. The van der Waals surface area contributed by atoms with Gasteiger partial charge in [0.25, 0.3) is 11.8 Å². The Morgan fingerprint density at radius 3 is 2.61 bits per heavy atom. The van der Waals surface area contributed by atoms with Gasteiger partial charge in [-0.2, -0.15) is 0 Å². The number of para-hydroxylation sites is 1. The minimum absolute atomic E-state index is 0.118. The number of benzene rings is 3. The lowest BCUT2D eigenvalue weighted by molar-refractivity contribution is 0.0720. The van der Waals surface area contributed by atoms with Crippen molar-refractivity contribution in [2.45, 2.75) is 62.9 Å².